The van der Waals surface area contributed by atoms with Gasteiger partial charge in [0, 0.05) is 12.8 Å². The fraction of sp³-hybridized carbons (Fsp3) is 0.827. The average molecular weight is 862 g/mol. The lowest BCUT2D eigenvalue weighted by atomic mass is 10.0. The lowest BCUT2D eigenvalue weighted by Gasteiger charge is -2.26. The number of hydrogen-bond acceptors (Lipinski definition) is 8. The second-order valence-electron chi connectivity index (χ2n) is 18.1. The van der Waals surface area contributed by atoms with Crippen LogP contribution in [0.4, 0.5) is 0 Å². The molecule has 0 rings (SSSR count). The Kier molecular flexibility index (Phi) is 42.3. The van der Waals surface area contributed by atoms with Crippen LogP contribution in [0, 0.1) is 0 Å². The summed E-state index contributed by atoms with van der Waals surface area (Å²) in [4.78, 5) is 36.7. The number of likely N-dealkylation sites (N-methyl/N-ethyl adjacent to an activating group) is 1. The quantitative estimate of drug-likeness (QED) is 0.0196. The summed E-state index contributed by atoms with van der Waals surface area (Å²) < 4.78 is 22.4. The summed E-state index contributed by atoms with van der Waals surface area (Å²) in [7, 11) is 5.90. The lowest BCUT2D eigenvalue weighted by molar-refractivity contribution is -0.870. The predicted octanol–water partition coefficient (Wildman–Crippen LogP) is 12.4. The number of ether oxygens (including phenoxy) is 4. The van der Waals surface area contributed by atoms with E-state index in [4.69, 9.17) is 18.9 Å². The number of carbonyl (C=O) groups excluding carboxylic acids is 3. The molecule has 0 fully saturated rings. The highest BCUT2D eigenvalue weighted by molar-refractivity contribution is 5.70. The van der Waals surface area contributed by atoms with E-state index < -0.39 is 24.3 Å². The van der Waals surface area contributed by atoms with Gasteiger partial charge in [-0.25, -0.2) is 0 Å². The molecule has 9 heteroatoms. The second kappa shape index (κ2) is 44.1. The predicted molar refractivity (Wildman–Crippen MR) is 251 cm³/mol. The van der Waals surface area contributed by atoms with Crippen LogP contribution in [0.2, 0.25) is 0 Å². The van der Waals surface area contributed by atoms with Crippen LogP contribution in [0.15, 0.2) is 36.5 Å². The Bertz CT molecular complexity index is 1100. The van der Waals surface area contributed by atoms with Gasteiger partial charge in [0.25, 0.3) is 0 Å². The van der Waals surface area contributed by atoms with Gasteiger partial charge in [-0.1, -0.05) is 192 Å². The second-order valence-corrected chi connectivity index (χ2v) is 18.1. The maximum atomic E-state index is 12.7. The van der Waals surface area contributed by atoms with E-state index in [0.29, 0.717) is 17.4 Å². The zero-order valence-corrected chi connectivity index (χ0v) is 40.3. The van der Waals surface area contributed by atoms with E-state index in [9.17, 15) is 19.5 Å². The van der Waals surface area contributed by atoms with E-state index in [1.54, 1.807) is 0 Å². The van der Waals surface area contributed by atoms with Crippen molar-refractivity contribution in [2.45, 2.75) is 232 Å². The summed E-state index contributed by atoms with van der Waals surface area (Å²) in [6.07, 6.45) is 48.2. The van der Waals surface area contributed by atoms with Gasteiger partial charge in [-0.3, -0.25) is 9.59 Å². The molecule has 0 aromatic rings. The highest BCUT2D eigenvalue weighted by Crippen LogP contribution is 2.16. The van der Waals surface area contributed by atoms with Gasteiger partial charge in [0.2, 0.25) is 0 Å². The molecule has 61 heavy (non-hydrogen) atoms. The number of quaternary nitrogens is 1. The Labute approximate surface area is 375 Å². The molecule has 0 aromatic heterocycles. The molecule has 0 heterocycles. The largest absolute Gasteiger partial charge is 0.545 e. The standard InChI is InChI=1S/C52H95NO8/c1-6-8-10-12-13-14-15-16-17-18-19-20-21-22-23-24-25-26-27-28-29-30-31-32-33-34-35-36-37-39-41-43-50(55)61-48(46-59-49(54)42-40-38-11-9-7-2)47-60-52(51(56)57)58-45-44-53(3,4)5/h15-16,18-19,21-22,48,52H,6-14,17,20,23-47H2,1-5H3/b16-15-,19-18-,22-21-. The minimum atomic E-state index is -1.61. The number of hydrogen-bond donors (Lipinski definition) is 0. The monoisotopic (exact) mass is 862 g/mol. The van der Waals surface area contributed by atoms with Gasteiger partial charge in [-0.2, -0.15) is 0 Å². The number of unbranched alkanes of at least 4 members (excludes halogenated alkanes) is 25. The molecular formula is C52H95NO8. The third-order valence-electron chi connectivity index (χ3n) is 10.9. The minimum absolute atomic E-state index is 0.149. The van der Waals surface area contributed by atoms with Crippen LogP contribution in [0.5, 0.6) is 0 Å². The number of esters is 2. The SMILES string of the molecule is CCCCCCC/C=C\C/C=C\C/C=C\CCCCCCCCCCCCCCCCCCC(=O)OC(COC(=O)CCCCCCC)COC(OCC[N+](C)(C)C)C(=O)[O-]. The normalized spacial score (nSPS) is 13.1. The molecule has 0 aliphatic carbocycles. The zero-order chi connectivity index (χ0) is 44.9. The topological polar surface area (TPSA) is 111 Å². The van der Waals surface area contributed by atoms with Gasteiger partial charge in [0.15, 0.2) is 12.4 Å². The van der Waals surface area contributed by atoms with E-state index in [1.807, 2.05) is 21.1 Å². The van der Waals surface area contributed by atoms with Crippen LogP contribution in [-0.4, -0.2) is 82.3 Å². The third kappa shape index (κ3) is 45.4. The Hall–Kier alpha value is -2.49. The highest BCUT2D eigenvalue weighted by atomic mass is 16.7. The van der Waals surface area contributed by atoms with Crippen molar-refractivity contribution >= 4 is 17.9 Å². The van der Waals surface area contributed by atoms with Gasteiger partial charge in [-0.05, 0) is 51.4 Å². The van der Waals surface area contributed by atoms with E-state index in [-0.39, 0.29) is 38.6 Å². The van der Waals surface area contributed by atoms with Crippen molar-refractivity contribution in [1.82, 2.24) is 0 Å². The van der Waals surface area contributed by atoms with Crippen molar-refractivity contribution in [2.75, 3.05) is 47.5 Å². The molecule has 9 nitrogen and oxygen atoms in total. The molecule has 0 aromatic carbocycles. The van der Waals surface area contributed by atoms with Crippen molar-refractivity contribution in [2.24, 2.45) is 0 Å². The van der Waals surface area contributed by atoms with Crippen LogP contribution in [0.3, 0.4) is 0 Å². The average Bonchev–Trinajstić information content (AvgIpc) is 3.22. The summed E-state index contributed by atoms with van der Waals surface area (Å²) >= 11 is 0. The number of rotatable bonds is 46. The van der Waals surface area contributed by atoms with Crippen LogP contribution in [0.25, 0.3) is 0 Å². The van der Waals surface area contributed by atoms with Crippen LogP contribution >= 0.6 is 0 Å². The van der Waals surface area contributed by atoms with Gasteiger partial charge in [0.1, 0.15) is 13.2 Å². The number of carboxylic acids is 1. The van der Waals surface area contributed by atoms with Crippen molar-refractivity contribution < 1.29 is 42.9 Å². The fourth-order valence-corrected chi connectivity index (χ4v) is 6.95. The van der Waals surface area contributed by atoms with Crippen molar-refractivity contribution in [3.8, 4) is 0 Å². The van der Waals surface area contributed by atoms with E-state index in [1.165, 1.54) is 128 Å². The van der Waals surface area contributed by atoms with Crippen molar-refractivity contribution in [3.05, 3.63) is 36.5 Å². The lowest BCUT2D eigenvalue weighted by Crippen LogP contribution is -2.44. The summed E-state index contributed by atoms with van der Waals surface area (Å²) in [5, 5.41) is 11.6. The zero-order valence-electron chi connectivity index (χ0n) is 40.3. The fourth-order valence-electron chi connectivity index (χ4n) is 6.95. The summed E-state index contributed by atoms with van der Waals surface area (Å²) in [5.74, 6) is -2.29. The minimum Gasteiger partial charge on any atom is -0.545 e. The maximum absolute atomic E-state index is 12.7. The van der Waals surface area contributed by atoms with Gasteiger partial charge in [-0.15, -0.1) is 0 Å². The summed E-state index contributed by atoms with van der Waals surface area (Å²) in [6.45, 7) is 4.64. The Morgan fingerprint density at radius 3 is 1.31 bits per heavy atom. The van der Waals surface area contributed by atoms with E-state index in [2.05, 4.69) is 50.3 Å². The molecule has 0 bridgehead atoms. The number of carbonyl (C=O) groups is 3. The molecule has 2 atom stereocenters. The number of nitrogens with zero attached hydrogens (tertiary/aromatic N) is 1. The van der Waals surface area contributed by atoms with Gasteiger partial charge < -0.3 is 33.3 Å². The number of carboxylic acid groups (broad SMARTS) is 1. The van der Waals surface area contributed by atoms with Crippen molar-refractivity contribution in [3.63, 3.8) is 0 Å². The van der Waals surface area contributed by atoms with Gasteiger partial charge in [0.05, 0.1) is 40.3 Å². The molecule has 0 saturated heterocycles. The highest BCUT2D eigenvalue weighted by Gasteiger charge is 2.21. The Morgan fingerprint density at radius 2 is 0.885 bits per heavy atom. The Balaban J connectivity index is 3.97. The maximum Gasteiger partial charge on any atom is 0.306 e. The van der Waals surface area contributed by atoms with Crippen molar-refractivity contribution in [1.29, 1.82) is 0 Å². The van der Waals surface area contributed by atoms with E-state index >= 15 is 0 Å². The molecule has 0 N–H and O–H groups in total. The smallest absolute Gasteiger partial charge is 0.306 e. The molecule has 356 valence electrons. The number of aliphatic carboxylic acids is 1. The number of allylic oxidation sites excluding steroid dienone is 6. The third-order valence-corrected chi connectivity index (χ3v) is 10.9. The molecule has 0 spiro atoms. The first kappa shape index (κ1) is 58.5. The van der Waals surface area contributed by atoms with E-state index in [0.717, 1.165) is 57.8 Å². The van der Waals surface area contributed by atoms with Crippen LogP contribution in [-0.2, 0) is 33.3 Å². The van der Waals surface area contributed by atoms with Gasteiger partial charge >= 0.3 is 11.9 Å². The summed E-state index contributed by atoms with van der Waals surface area (Å²) in [6, 6.07) is 0. The molecule has 0 saturated carbocycles. The summed E-state index contributed by atoms with van der Waals surface area (Å²) in [5.41, 5.74) is 0. The van der Waals surface area contributed by atoms with Crippen LogP contribution < -0.4 is 5.11 Å². The first-order chi connectivity index (χ1) is 29.6. The molecular weight excluding hydrogens is 767 g/mol. The molecule has 0 aliphatic rings. The first-order valence-corrected chi connectivity index (χ1v) is 25.1. The molecule has 0 aliphatic heterocycles. The van der Waals surface area contributed by atoms with Crippen LogP contribution in [0.1, 0.15) is 219 Å². The first-order valence-electron chi connectivity index (χ1n) is 25.1. The molecule has 0 radical (unpaired) electrons. The Morgan fingerprint density at radius 1 is 0.492 bits per heavy atom. The molecule has 2 unspecified atom stereocenters. The molecule has 0 amide bonds.